The van der Waals surface area contributed by atoms with E-state index in [1.807, 2.05) is 6.07 Å². The molecule has 4 heteroatoms. The fourth-order valence-corrected chi connectivity index (χ4v) is 3.75. The summed E-state index contributed by atoms with van der Waals surface area (Å²) in [5, 5.41) is 0. The number of nitrogens with zero attached hydrogens (tertiary/aromatic N) is 2. The van der Waals surface area contributed by atoms with E-state index in [0.717, 1.165) is 31.6 Å². The molecule has 1 fully saturated rings. The van der Waals surface area contributed by atoms with Crippen molar-refractivity contribution in [2.75, 3.05) is 33.8 Å². The number of ether oxygens (including phenoxy) is 1. The molecule has 1 aliphatic heterocycles. The Kier molecular flexibility index (Phi) is 6.64. The summed E-state index contributed by atoms with van der Waals surface area (Å²) in [6.07, 6.45) is 3.53. The highest BCUT2D eigenvalue weighted by Gasteiger charge is 2.23. The molecule has 1 atom stereocenters. The molecule has 0 N–H and O–H groups in total. The zero-order chi connectivity index (χ0) is 18.4. The van der Waals surface area contributed by atoms with Crippen LogP contribution in [-0.4, -0.2) is 49.6 Å². The number of likely N-dealkylation sites (tertiary alicyclic amines) is 1. The highest BCUT2D eigenvalue weighted by atomic mass is 19.1. The molecule has 0 saturated carbocycles. The van der Waals surface area contributed by atoms with Crippen molar-refractivity contribution in [1.82, 2.24) is 9.80 Å². The maximum atomic E-state index is 13.9. The van der Waals surface area contributed by atoms with Crippen LogP contribution >= 0.6 is 0 Å². The number of hydrogen-bond donors (Lipinski definition) is 0. The Morgan fingerprint density at radius 2 is 1.96 bits per heavy atom. The van der Waals surface area contributed by atoms with Crippen LogP contribution in [-0.2, 0) is 13.0 Å². The van der Waals surface area contributed by atoms with Gasteiger partial charge in [-0.1, -0.05) is 36.4 Å². The summed E-state index contributed by atoms with van der Waals surface area (Å²) < 4.78 is 18.9. The quantitative estimate of drug-likeness (QED) is 0.746. The molecule has 0 aromatic heterocycles. The molecule has 3 nitrogen and oxygen atoms in total. The van der Waals surface area contributed by atoms with Gasteiger partial charge in [0.1, 0.15) is 0 Å². The van der Waals surface area contributed by atoms with Crippen LogP contribution in [0, 0.1) is 5.82 Å². The summed E-state index contributed by atoms with van der Waals surface area (Å²) in [4.78, 5) is 4.92. The third kappa shape index (κ3) is 5.05. The highest BCUT2D eigenvalue weighted by Crippen LogP contribution is 2.21. The molecule has 0 radical (unpaired) electrons. The first-order valence-corrected chi connectivity index (χ1v) is 9.44. The number of methoxy groups -OCH3 is 1. The lowest BCUT2D eigenvalue weighted by molar-refractivity contribution is 0.112. The van der Waals surface area contributed by atoms with E-state index in [4.69, 9.17) is 4.74 Å². The lowest BCUT2D eigenvalue weighted by Crippen LogP contribution is -2.46. The van der Waals surface area contributed by atoms with Crippen molar-refractivity contribution in [3.8, 4) is 5.75 Å². The SMILES string of the molecule is COc1ccc(CN(C)[C@H]2CCCN(CCc3ccccc3)C2)cc1F. The van der Waals surface area contributed by atoms with Crippen LogP contribution in [0.15, 0.2) is 48.5 Å². The molecular formula is C22H29FN2O. The van der Waals surface area contributed by atoms with Crippen LogP contribution in [0.3, 0.4) is 0 Å². The summed E-state index contributed by atoms with van der Waals surface area (Å²) in [5.74, 6) is 0.0210. The predicted octanol–water partition coefficient (Wildman–Crippen LogP) is 3.97. The Labute approximate surface area is 156 Å². The van der Waals surface area contributed by atoms with Gasteiger partial charge in [0.25, 0.3) is 0 Å². The number of halogens is 1. The van der Waals surface area contributed by atoms with Gasteiger partial charge in [0.15, 0.2) is 11.6 Å². The van der Waals surface area contributed by atoms with Crippen molar-refractivity contribution in [1.29, 1.82) is 0 Å². The van der Waals surface area contributed by atoms with Crippen molar-refractivity contribution in [2.45, 2.75) is 31.8 Å². The van der Waals surface area contributed by atoms with Crippen molar-refractivity contribution in [3.63, 3.8) is 0 Å². The van der Waals surface area contributed by atoms with E-state index in [1.54, 1.807) is 12.1 Å². The Morgan fingerprint density at radius 3 is 2.69 bits per heavy atom. The maximum absolute atomic E-state index is 13.9. The number of piperidine rings is 1. The molecule has 1 aliphatic rings. The Morgan fingerprint density at radius 1 is 1.15 bits per heavy atom. The molecule has 2 aromatic carbocycles. The number of hydrogen-bond acceptors (Lipinski definition) is 3. The minimum Gasteiger partial charge on any atom is -0.494 e. The van der Waals surface area contributed by atoms with Gasteiger partial charge in [-0.05, 0) is 56.1 Å². The van der Waals surface area contributed by atoms with Gasteiger partial charge < -0.3 is 9.64 Å². The zero-order valence-electron chi connectivity index (χ0n) is 15.8. The van der Waals surface area contributed by atoms with Gasteiger partial charge >= 0.3 is 0 Å². The minimum atomic E-state index is -0.286. The highest BCUT2D eigenvalue weighted by molar-refractivity contribution is 5.29. The maximum Gasteiger partial charge on any atom is 0.165 e. The van der Waals surface area contributed by atoms with Crippen molar-refractivity contribution < 1.29 is 9.13 Å². The van der Waals surface area contributed by atoms with E-state index in [-0.39, 0.29) is 5.82 Å². The van der Waals surface area contributed by atoms with E-state index in [0.29, 0.717) is 11.8 Å². The van der Waals surface area contributed by atoms with Crippen LogP contribution in [0.4, 0.5) is 4.39 Å². The molecule has 0 unspecified atom stereocenters. The molecule has 0 bridgehead atoms. The van der Waals surface area contributed by atoms with Gasteiger partial charge in [0.05, 0.1) is 7.11 Å². The van der Waals surface area contributed by atoms with E-state index in [1.165, 1.54) is 32.1 Å². The molecule has 0 aliphatic carbocycles. The molecular weight excluding hydrogens is 327 g/mol. The molecule has 140 valence electrons. The molecule has 26 heavy (non-hydrogen) atoms. The zero-order valence-corrected chi connectivity index (χ0v) is 15.8. The van der Waals surface area contributed by atoms with Crippen LogP contribution in [0.25, 0.3) is 0 Å². The molecule has 0 spiro atoms. The monoisotopic (exact) mass is 356 g/mol. The second-order valence-corrected chi connectivity index (χ2v) is 7.22. The van der Waals surface area contributed by atoms with Gasteiger partial charge in [-0.15, -0.1) is 0 Å². The molecule has 1 saturated heterocycles. The van der Waals surface area contributed by atoms with E-state index in [9.17, 15) is 4.39 Å². The standard InChI is InChI=1S/C22H29FN2O/c1-24(16-19-10-11-22(26-2)21(23)15-19)20-9-6-13-25(17-20)14-12-18-7-4-3-5-8-18/h3-5,7-8,10-11,15,20H,6,9,12-14,16-17H2,1-2H3/t20-/m0/s1. The van der Waals surface area contributed by atoms with Gasteiger partial charge in [-0.3, -0.25) is 4.90 Å². The first-order valence-electron chi connectivity index (χ1n) is 9.44. The van der Waals surface area contributed by atoms with Crippen molar-refractivity contribution in [3.05, 3.63) is 65.5 Å². The minimum absolute atomic E-state index is 0.286. The first-order chi connectivity index (χ1) is 12.7. The summed E-state index contributed by atoms with van der Waals surface area (Å²) in [7, 11) is 3.64. The molecule has 1 heterocycles. The number of benzene rings is 2. The Hall–Kier alpha value is -1.91. The summed E-state index contributed by atoms with van der Waals surface area (Å²) in [6.45, 7) is 4.12. The van der Waals surface area contributed by atoms with E-state index >= 15 is 0 Å². The van der Waals surface area contributed by atoms with Gasteiger partial charge in [0, 0.05) is 25.7 Å². The molecule has 2 aromatic rings. The predicted molar refractivity (Wildman–Crippen MR) is 104 cm³/mol. The third-order valence-electron chi connectivity index (χ3n) is 5.31. The largest absolute Gasteiger partial charge is 0.494 e. The van der Waals surface area contributed by atoms with Crippen LogP contribution < -0.4 is 4.74 Å². The number of likely N-dealkylation sites (N-methyl/N-ethyl adjacent to an activating group) is 1. The van der Waals surface area contributed by atoms with Gasteiger partial charge in [0.2, 0.25) is 0 Å². The number of rotatable bonds is 7. The van der Waals surface area contributed by atoms with Crippen molar-refractivity contribution in [2.24, 2.45) is 0 Å². The van der Waals surface area contributed by atoms with Crippen LogP contribution in [0.5, 0.6) is 5.75 Å². The summed E-state index contributed by atoms with van der Waals surface area (Å²) in [6, 6.07) is 16.5. The fraction of sp³-hybridized carbons (Fsp3) is 0.455. The van der Waals surface area contributed by atoms with E-state index < -0.39 is 0 Å². The van der Waals surface area contributed by atoms with Crippen LogP contribution in [0.1, 0.15) is 24.0 Å². The Balaban J connectivity index is 1.52. The fourth-order valence-electron chi connectivity index (χ4n) is 3.75. The third-order valence-corrected chi connectivity index (χ3v) is 5.31. The molecule has 0 amide bonds. The normalized spacial score (nSPS) is 18.2. The topological polar surface area (TPSA) is 15.7 Å². The smallest absolute Gasteiger partial charge is 0.165 e. The Bertz CT molecular complexity index is 692. The first kappa shape index (κ1) is 18.9. The lowest BCUT2D eigenvalue weighted by Gasteiger charge is -2.37. The van der Waals surface area contributed by atoms with Crippen LogP contribution in [0.2, 0.25) is 0 Å². The van der Waals surface area contributed by atoms with Gasteiger partial charge in [-0.25, -0.2) is 4.39 Å². The van der Waals surface area contributed by atoms with Crippen molar-refractivity contribution >= 4 is 0 Å². The van der Waals surface area contributed by atoms with E-state index in [2.05, 4.69) is 47.2 Å². The average molecular weight is 356 g/mol. The average Bonchev–Trinajstić information content (AvgIpc) is 2.67. The lowest BCUT2D eigenvalue weighted by atomic mass is 10.0. The van der Waals surface area contributed by atoms with Gasteiger partial charge in [-0.2, -0.15) is 0 Å². The second-order valence-electron chi connectivity index (χ2n) is 7.22. The summed E-state index contributed by atoms with van der Waals surface area (Å²) in [5.41, 5.74) is 2.39. The summed E-state index contributed by atoms with van der Waals surface area (Å²) >= 11 is 0. The molecule has 3 rings (SSSR count). The second kappa shape index (κ2) is 9.15.